The van der Waals surface area contributed by atoms with Gasteiger partial charge < -0.3 is 9.47 Å². The number of nitrogens with zero attached hydrogens (tertiary/aromatic N) is 2. The number of benzene rings is 4. The SMILES string of the molecule is CCOC(=O)CCc1cccc(C(=O)c2csc(-c3cc(Oc4c(F)cc5c(ccn5S(=O)(=O)c5ccc(C)cc5)c4SC)ccc3F)n2)c1. The van der Waals surface area contributed by atoms with E-state index in [1.165, 1.54) is 53.7 Å². The number of fused-ring (bicyclic) bond motifs is 1. The van der Waals surface area contributed by atoms with Gasteiger partial charge in [0.15, 0.2) is 11.6 Å². The average molecular weight is 733 g/mol. The number of carbonyl (C=O) groups is 2. The zero-order valence-electron chi connectivity index (χ0n) is 27.1. The number of rotatable bonds is 12. The number of ether oxygens (including phenoxy) is 2. The molecule has 0 spiro atoms. The van der Waals surface area contributed by atoms with Gasteiger partial charge in [-0.25, -0.2) is 26.2 Å². The molecule has 6 rings (SSSR count). The van der Waals surface area contributed by atoms with E-state index in [0.29, 0.717) is 28.9 Å². The van der Waals surface area contributed by atoms with Crippen LogP contribution in [0.4, 0.5) is 8.78 Å². The molecule has 0 aliphatic heterocycles. The summed E-state index contributed by atoms with van der Waals surface area (Å²) in [6.07, 6.45) is 3.68. The van der Waals surface area contributed by atoms with E-state index in [1.807, 2.05) is 13.0 Å². The lowest BCUT2D eigenvalue weighted by molar-refractivity contribution is -0.143. The topological polar surface area (TPSA) is 105 Å². The van der Waals surface area contributed by atoms with Crippen molar-refractivity contribution in [1.29, 1.82) is 0 Å². The molecule has 8 nitrogen and oxygen atoms in total. The molecule has 0 aliphatic carbocycles. The highest BCUT2D eigenvalue weighted by Crippen LogP contribution is 2.42. The Bertz CT molecular complexity index is 2350. The Morgan fingerprint density at radius 1 is 0.980 bits per heavy atom. The van der Waals surface area contributed by atoms with Crippen molar-refractivity contribution >= 4 is 55.8 Å². The van der Waals surface area contributed by atoms with Gasteiger partial charge in [-0.05, 0) is 74.6 Å². The van der Waals surface area contributed by atoms with Gasteiger partial charge in [0.1, 0.15) is 22.3 Å². The molecule has 0 atom stereocenters. The third kappa shape index (κ3) is 7.07. The number of hydrogen-bond acceptors (Lipinski definition) is 9. The highest BCUT2D eigenvalue weighted by Gasteiger charge is 2.24. The first-order valence-electron chi connectivity index (χ1n) is 15.4. The summed E-state index contributed by atoms with van der Waals surface area (Å²) in [7, 11) is -4.01. The number of carbonyl (C=O) groups excluding carboxylic acids is 2. The Balaban J connectivity index is 1.27. The second kappa shape index (κ2) is 14.6. The van der Waals surface area contributed by atoms with Crippen molar-refractivity contribution in [3.8, 4) is 22.1 Å². The van der Waals surface area contributed by atoms with Crippen LogP contribution in [-0.2, 0) is 26.0 Å². The first-order chi connectivity index (χ1) is 24.0. The number of thiazole rings is 1. The second-order valence-corrected chi connectivity index (χ2v) is 14.7. The lowest BCUT2D eigenvalue weighted by atomic mass is 10.0. The summed E-state index contributed by atoms with van der Waals surface area (Å²) < 4.78 is 69.8. The van der Waals surface area contributed by atoms with Crippen molar-refractivity contribution in [1.82, 2.24) is 8.96 Å². The van der Waals surface area contributed by atoms with Gasteiger partial charge in [0.25, 0.3) is 10.0 Å². The Kier molecular flexibility index (Phi) is 10.2. The maximum Gasteiger partial charge on any atom is 0.306 e. The molecule has 0 saturated heterocycles. The van der Waals surface area contributed by atoms with Crippen molar-refractivity contribution in [3.05, 3.63) is 124 Å². The van der Waals surface area contributed by atoms with Crippen LogP contribution in [0.3, 0.4) is 0 Å². The van der Waals surface area contributed by atoms with Crippen LogP contribution in [0.5, 0.6) is 11.5 Å². The van der Waals surface area contributed by atoms with Crippen LogP contribution in [0.15, 0.2) is 100 Å². The Morgan fingerprint density at radius 2 is 1.76 bits per heavy atom. The van der Waals surface area contributed by atoms with Gasteiger partial charge in [0.05, 0.1) is 21.9 Å². The lowest BCUT2D eigenvalue weighted by Gasteiger charge is -2.14. The quantitative estimate of drug-likeness (QED) is 0.0699. The Morgan fingerprint density at radius 3 is 2.50 bits per heavy atom. The molecular formula is C37H30F2N2O6S3. The number of halogens is 2. The number of aryl methyl sites for hydroxylation is 2. The number of ketones is 1. The number of esters is 1. The molecule has 2 aromatic heterocycles. The summed E-state index contributed by atoms with van der Waals surface area (Å²) in [5.74, 6) is -2.15. The molecule has 0 saturated carbocycles. The van der Waals surface area contributed by atoms with E-state index in [2.05, 4.69) is 4.98 Å². The van der Waals surface area contributed by atoms with Gasteiger partial charge in [0.2, 0.25) is 5.78 Å². The van der Waals surface area contributed by atoms with E-state index < -0.39 is 21.7 Å². The molecule has 13 heteroatoms. The predicted octanol–water partition coefficient (Wildman–Crippen LogP) is 8.83. The van der Waals surface area contributed by atoms with Crippen LogP contribution in [-0.4, -0.2) is 42.0 Å². The highest BCUT2D eigenvalue weighted by atomic mass is 32.2. The molecule has 4 aromatic carbocycles. The molecular weight excluding hydrogens is 703 g/mol. The zero-order chi connectivity index (χ0) is 35.6. The van der Waals surface area contributed by atoms with Gasteiger partial charge in [-0.1, -0.05) is 35.9 Å². The fourth-order valence-corrected chi connectivity index (χ4v) is 8.23. The molecule has 6 aromatic rings. The number of hydrogen-bond donors (Lipinski definition) is 0. The molecule has 50 heavy (non-hydrogen) atoms. The first kappa shape index (κ1) is 35.0. The van der Waals surface area contributed by atoms with Crippen molar-refractivity contribution < 1.29 is 36.3 Å². The van der Waals surface area contributed by atoms with Gasteiger partial charge in [-0.2, -0.15) is 0 Å². The number of thioether (sulfide) groups is 1. The highest BCUT2D eigenvalue weighted by molar-refractivity contribution is 7.99. The van der Waals surface area contributed by atoms with Crippen LogP contribution in [0, 0.1) is 18.6 Å². The van der Waals surface area contributed by atoms with Crippen molar-refractivity contribution in [2.45, 2.75) is 36.5 Å². The van der Waals surface area contributed by atoms with E-state index in [9.17, 15) is 18.0 Å². The summed E-state index contributed by atoms with van der Waals surface area (Å²) in [6, 6.07) is 19.8. The molecule has 0 amide bonds. The minimum atomic E-state index is -4.01. The van der Waals surface area contributed by atoms with Gasteiger partial charge in [-0.3, -0.25) is 9.59 Å². The summed E-state index contributed by atoms with van der Waals surface area (Å²) in [5.41, 5.74) is 2.37. The zero-order valence-corrected chi connectivity index (χ0v) is 29.6. The van der Waals surface area contributed by atoms with Gasteiger partial charge >= 0.3 is 5.97 Å². The third-order valence-electron chi connectivity index (χ3n) is 7.84. The maximum atomic E-state index is 15.8. The summed E-state index contributed by atoms with van der Waals surface area (Å²) in [4.78, 5) is 29.9. The number of aromatic nitrogens is 2. The minimum absolute atomic E-state index is 0.0530. The molecule has 0 unspecified atom stereocenters. The average Bonchev–Trinajstić information content (AvgIpc) is 3.77. The summed E-state index contributed by atoms with van der Waals surface area (Å²) >= 11 is 2.25. The van der Waals surface area contributed by atoms with Gasteiger partial charge in [-0.15, -0.1) is 23.1 Å². The monoisotopic (exact) mass is 732 g/mol. The molecule has 0 bridgehead atoms. The van der Waals surface area contributed by atoms with Crippen molar-refractivity contribution in [2.24, 2.45) is 0 Å². The predicted molar refractivity (Wildman–Crippen MR) is 190 cm³/mol. The minimum Gasteiger partial charge on any atom is -0.466 e. The largest absolute Gasteiger partial charge is 0.466 e. The van der Waals surface area contributed by atoms with Crippen LogP contribution in [0.1, 0.15) is 40.5 Å². The molecule has 0 aliphatic rings. The Labute approximate surface area is 295 Å². The van der Waals surface area contributed by atoms with Crippen LogP contribution >= 0.6 is 23.1 Å². The maximum absolute atomic E-state index is 15.8. The smallest absolute Gasteiger partial charge is 0.306 e. The van der Waals surface area contributed by atoms with Crippen LogP contribution < -0.4 is 4.74 Å². The van der Waals surface area contributed by atoms with E-state index in [4.69, 9.17) is 9.47 Å². The standard InChI is InChI=1S/C37H30F2N2O6S3/c1-4-46-33(42)15-10-23-6-5-7-24(18-23)34(43)31-21-49-37(40-31)28-19-25(11-14-29(28)38)47-35-30(39)20-32-27(36(35)48-3)16-17-41(32)50(44,45)26-12-8-22(2)9-13-26/h5-9,11-14,16-21H,4,10,15H2,1-3H3. The lowest BCUT2D eigenvalue weighted by Crippen LogP contribution is -2.12. The molecule has 0 N–H and O–H groups in total. The van der Waals surface area contributed by atoms with Gasteiger partial charge in [0, 0.05) is 40.6 Å². The van der Waals surface area contributed by atoms with Crippen LogP contribution in [0.2, 0.25) is 0 Å². The molecule has 0 fully saturated rings. The molecule has 256 valence electrons. The summed E-state index contributed by atoms with van der Waals surface area (Å²) in [5, 5.41) is 2.21. The fraction of sp³-hybridized carbons (Fsp3) is 0.162. The van der Waals surface area contributed by atoms with Crippen molar-refractivity contribution in [3.63, 3.8) is 0 Å². The fourth-order valence-electron chi connectivity index (χ4n) is 5.35. The van der Waals surface area contributed by atoms with Crippen molar-refractivity contribution in [2.75, 3.05) is 12.9 Å². The normalized spacial score (nSPS) is 11.5. The molecule has 0 radical (unpaired) electrons. The Hall–Kier alpha value is -4.85. The summed E-state index contributed by atoms with van der Waals surface area (Å²) in [6.45, 7) is 3.88. The van der Waals surface area contributed by atoms with E-state index in [1.54, 1.807) is 49.6 Å². The van der Waals surface area contributed by atoms with E-state index in [0.717, 1.165) is 32.5 Å². The first-order valence-corrected chi connectivity index (χ1v) is 19.0. The van der Waals surface area contributed by atoms with E-state index >= 15 is 8.78 Å². The van der Waals surface area contributed by atoms with E-state index in [-0.39, 0.29) is 56.3 Å². The molecule has 2 heterocycles. The second-order valence-electron chi connectivity index (χ2n) is 11.2. The third-order valence-corrected chi connectivity index (χ3v) is 11.2. The van der Waals surface area contributed by atoms with Crippen LogP contribution in [0.25, 0.3) is 21.5 Å².